The smallest absolute Gasteiger partial charge is 0.0940 e. The summed E-state index contributed by atoms with van der Waals surface area (Å²) in [4.78, 5) is 9.06. The van der Waals surface area contributed by atoms with Crippen LogP contribution in [0.4, 0.5) is 0 Å². The molecule has 0 amide bonds. The Morgan fingerprint density at radius 1 is 1.47 bits per heavy atom. The zero-order chi connectivity index (χ0) is 13.1. The van der Waals surface area contributed by atoms with Gasteiger partial charge < -0.3 is 5.32 Å². The fourth-order valence-corrected chi connectivity index (χ4v) is 3.45. The minimum atomic E-state index is 0.422. The Labute approximate surface area is 118 Å². The molecule has 3 nitrogen and oxygen atoms in total. The van der Waals surface area contributed by atoms with E-state index < -0.39 is 0 Å². The number of aryl methyl sites for hydroxylation is 2. The Morgan fingerprint density at radius 2 is 2.42 bits per heavy atom. The van der Waals surface area contributed by atoms with E-state index in [1.54, 1.807) is 11.3 Å². The molecule has 0 bridgehead atoms. The zero-order valence-corrected chi connectivity index (χ0v) is 12.0. The quantitative estimate of drug-likeness (QED) is 0.930. The third-order valence-electron chi connectivity index (χ3n) is 3.59. The Kier molecular flexibility index (Phi) is 3.89. The molecule has 0 saturated heterocycles. The van der Waals surface area contributed by atoms with Crippen LogP contribution >= 0.6 is 11.3 Å². The molecular formula is C15H19N3S. The molecule has 100 valence electrons. The van der Waals surface area contributed by atoms with Gasteiger partial charge in [0.15, 0.2) is 0 Å². The minimum absolute atomic E-state index is 0.422. The molecule has 0 radical (unpaired) electrons. The molecule has 1 N–H and O–H groups in total. The van der Waals surface area contributed by atoms with Gasteiger partial charge in [-0.1, -0.05) is 6.07 Å². The number of hydrogen-bond donors (Lipinski definition) is 1. The molecule has 1 aliphatic rings. The highest BCUT2D eigenvalue weighted by Gasteiger charge is 2.20. The molecule has 0 aliphatic heterocycles. The highest BCUT2D eigenvalue weighted by Crippen LogP contribution is 2.27. The van der Waals surface area contributed by atoms with E-state index in [4.69, 9.17) is 0 Å². The topological polar surface area (TPSA) is 37.8 Å². The predicted molar refractivity (Wildman–Crippen MR) is 78.5 cm³/mol. The van der Waals surface area contributed by atoms with E-state index in [1.807, 2.05) is 12.3 Å². The first-order valence-electron chi connectivity index (χ1n) is 6.91. The van der Waals surface area contributed by atoms with Gasteiger partial charge in [0.05, 0.1) is 10.7 Å². The van der Waals surface area contributed by atoms with Gasteiger partial charge in [-0.05, 0) is 37.8 Å². The van der Waals surface area contributed by atoms with Gasteiger partial charge in [0.25, 0.3) is 0 Å². The summed E-state index contributed by atoms with van der Waals surface area (Å²) in [6.45, 7) is 3.03. The molecule has 2 aromatic rings. The third kappa shape index (κ3) is 3.01. The molecule has 0 spiro atoms. The van der Waals surface area contributed by atoms with Crippen LogP contribution in [0.15, 0.2) is 23.7 Å². The molecule has 2 heterocycles. The second-order valence-corrected chi connectivity index (χ2v) is 6.02. The van der Waals surface area contributed by atoms with E-state index in [0.717, 1.165) is 18.7 Å². The number of fused-ring (bicyclic) bond motifs is 1. The summed E-state index contributed by atoms with van der Waals surface area (Å²) in [5.74, 6) is 0. The lowest BCUT2D eigenvalue weighted by Crippen LogP contribution is -2.28. The highest BCUT2D eigenvalue weighted by atomic mass is 32.1. The Hall–Kier alpha value is -1.26. The van der Waals surface area contributed by atoms with Gasteiger partial charge >= 0.3 is 0 Å². The lowest BCUT2D eigenvalue weighted by atomic mass is 9.92. The molecule has 4 heteroatoms. The summed E-state index contributed by atoms with van der Waals surface area (Å²) >= 11 is 1.76. The van der Waals surface area contributed by atoms with Crippen LogP contribution < -0.4 is 5.32 Å². The van der Waals surface area contributed by atoms with Crippen molar-refractivity contribution in [2.24, 2.45) is 0 Å². The summed E-state index contributed by atoms with van der Waals surface area (Å²) in [5.41, 5.74) is 3.80. The van der Waals surface area contributed by atoms with Crippen LogP contribution in [-0.2, 0) is 12.8 Å². The fourth-order valence-electron chi connectivity index (χ4n) is 2.68. The molecule has 1 unspecified atom stereocenters. The van der Waals surface area contributed by atoms with Crippen LogP contribution in [0, 0.1) is 6.92 Å². The van der Waals surface area contributed by atoms with Crippen molar-refractivity contribution in [2.45, 2.75) is 38.6 Å². The van der Waals surface area contributed by atoms with Crippen LogP contribution in [0.1, 0.15) is 40.8 Å². The monoisotopic (exact) mass is 273 g/mol. The maximum absolute atomic E-state index is 4.55. The van der Waals surface area contributed by atoms with E-state index in [9.17, 15) is 0 Å². The van der Waals surface area contributed by atoms with Gasteiger partial charge in [-0.3, -0.25) is 4.98 Å². The average molecular weight is 273 g/mol. The molecule has 1 aliphatic carbocycles. The molecule has 1 atom stereocenters. The highest BCUT2D eigenvalue weighted by molar-refractivity contribution is 7.09. The Balaban J connectivity index is 1.59. The largest absolute Gasteiger partial charge is 0.308 e. The lowest BCUT2D eigenvalue weighted by Gasteiger charge is -2.25. The van der Waals surface area contributed by atoms with E-state index in [-0.39, 0.29) is 0 Å². The zero-order valence-electron chi connectivity index (χ0n) is 11.2. The SMILES string of the molecule is Cc1csc(CCNC2CCCc3cccnc32)n1. The number of hydrogen-bond acceptors (Lipinski definition) is 4. The normalized spacial score (nSPS) is 18.3. The number of aromatic nitrogens is 2. The van der Waals surface area contributed by atoms with Crippen molar-refractivity contribution in [3.63, 3.8) is 0 Å². The van der Waals surface area contributed by atoms with Gasteiger partial charge in [-0.25, -0.2) is 4.98 Å². The first kappa shape index (κ1) is 12.8. The van der Waals surface area contributed by atoms with E-state index >= 15 is 0 Å². The number of nitrogens with one attached hydrogen (secondary N) is 1. The Morgan fingerprint density at radius 3 is 3.26 bits per heavy atom. The van der Waals surface area contributed by atoms with Crippen LogP contribution in [0.25, 0.3) is 0 Å². The van der Waals surface area contributed by atoms with Crippen molar-refractivity contribution in [1.29, 1.82) is 0 Å². The third-order valence-corrected chi connectivity index (χ3v) is 4.62. The maximum Gasteiger partial charge on any atom is 0.0940 e. The molecular weight excluding hydrogens is 254 g/mol. The van der Waals surface area contributed by atoms with Gasteiger partial charge in [0.2, 0.25) is 0 Å². The summed E-state index contributed by atoms with van der Waals surface area (Å²) in [6, 6.07) is 4.67. The Bertz CT molecular complexity index is 550. The van der Waals surface area contributed by atoms with Crippen molar-refractivity contribution in [3.8, 4) is 0 Å². The number of nitrogens with zero attached hydrogens (tertiary/aromatic N) is 2. The second kappa shape index (κ2) is 5.80. The van der Waals surface area contributed by atoms with Crippen molar-refractivity contribution in [2.75, 3.05) is 6.54 Å². The van der Waals surface area contributed by atoms with Crippen molar-refractivity contribution < 1.29 is 0 Å². The summed E-state index contributed by atoms with van der Waals surface area (Å²) in [6.07, 6.45) is 6.54. The van der Waals surface area contributed by atoms with Crippen LogP contribution in [0.5, 0.6) is 0 Å². The van der Waals surface area contributed by atoms with Crippen molar-refractivity contribution in [1.82, 2.24) is 15.3 Å². The van der Waals surface area contributed by atoms with Gasteiger partial charge in [-0.15, -0.1) is 11.3 Å². The van der Waals surface area contributed by atoms with Crippen LogP contribution in [0.2, 0.25) is 0 Å². The summed E-state index contributed by atoms with van der Waals surface area (Å²) < 4.78 is 0. The fraction of sp³-hybridized carbons (Fsp3) is 0.467. The first-order chi connectivity index (χ1) is 9.33. The molecule has 2 aromatic heterocycles. The number of pyridine rings is 1. The lowest BCUT2D eigenvalue weighted by molar-refractivity contribution is 0.451. The molecule has 0 saturated carbocycles. The molecule has 19 heavy (non-hydrogen) atoms. The average Bonchev–Trinajstić information content (AvgIpc) is 2.85. The van der Waals surface area contributed by atoms with E-state index in [0.29, 0.717) is 6.04 Å². The number of thiazole rings is 1. The molecule has 0 fully saturated rings. The summed E-state index contributed by atoms with van der Waals surface area (Å²) in [7, 11) is 0. The van der Waals surface area contributed by atoms with Crippen LogP contribution in [-0.4, -0.2) is 16.5 Å². The first-order valence-corrected chi connectivity index (χ1v) is 7.79. The van der Waals surface area contributed by atoms with Crippen LogP contribution in [0.3, 0.4) is 0 Å². The van der Waals surface area contributed by atoms with Gasteiger partial charge in [0.1, 0.15) is 0 Å². The number of rotatable bonds is 4. The summed E-state index contributed by atoms with van der Waals surface area (Å²) in [5, 5.41) is 6.98. The van der Waals surface area contributed by atoms with Gasteiger partial charge in [0, 0.05) is 36.3 Å². The minimum Gasteiger partial charge on any atom is -0.308 e. The van der Waals surface area contributed by atoms with Crippen molar-refractivity contribution in [3.05, 3.63) is 45.7 Å². The van der Waals surface area contributed by atoms with E-state index in [2.05, 4.69) is 33.7 Å². The standard InChI is InChI=1S/C15H19N3S/c1-11-10-19-14(18-11)7-9-16-13-6-2-4-12-5-3-8-17-15(12)13/h3,5,8,10,13,16H,2,4,6-7,9H2,1H3. The molecule has 0 aromatic carbocycles. The maximum atomic E-state index is 4.55. The molecule has 3 rings (SSSR count). The second-order valence-electron chi connectivity index (χ2n) is 5.08. The predicted octanol–water partition coefficient (Wildman–Crippen LogP) is 3.06. The van der Waals surface area contributed by atoms with Gasteiger partial charge in [-0.2, -0.15) is 0 Å². The van der Waals surface area contributed by atoms with E-state index in [1.165, 1.54) is 35.5 Å². The van der Waals surface area contributed by atoms with Crippen molar-refractivity contribution >= 4 is 11.3 Å².